The Morgan fingerprint density at radius 2 is 1.95 bits per heavy atom. The van der Waals surface area contributed by atoms with Crippen LogP contribution < -0.4 is 0 Å². The molecule has 1 fully saturated rings. The number of amides is 1. The number of fused-ring (bicyclic) bond motifs is 1. The Labute approximate surface area is 129 Å². The summed E-state index contributed by atoms with van der Waals surface area (Å²) < 4.78 is 1.94. The van der Waals surface area contributed by atoms with Gasteiger partial charge in [0.05, 0.1) is 11.5 Å². The third-order valence-electron chi connectivity index (χ3n) is 4.42. The lowest BCUT2D eigenvalue weighted by molar-refractivity contribution is -0.143. The van der Waals surface area contributed by atoms with E-state index >= 15 is 0 Å². The van der Waals surface area contributed by atoms with Crippen molar-refractivity contribution < 1.29 is 14.7 Å². The van der Waals surface area contributed by atoms with Crippen molar-refractivity contribution in [3.05, 3.63) is 36.0 Å². The molecular weight excluding hydrogens is 280 g/mol. The second kappa shape index (κ2) is 5.48. The largest absolute Gasteiger partial charge is 0.481 e. The first-order valence-corrected chi connectivity index (χ1v) is 7.53. The maximum Gasteiger partial charge on any atom is 0.308 e. The fourth-order valence-corrected chi connectivity index (χ4v) is 3.38. The first-order chi connectivity index (χ1) is 10.5. The van der Waals surface area contributed by atoms with Gasteiger partial charge in [-0.3, -0.25) is 9.59 Å². The van der Waals surface area contributed by atoms with Crippen LogP contribution in [0.2, 0.25) is 0 Å². The van der Waals surface area contributed by atoms with E-state index in [2.05, 4.69) is 0 Å². The van der Waals surface area contributed by atoms with Crippen molar-refractivity contribution >= 4 is 22.8 Å². The molecule has 0 aliphatic carbocycles. The molecule has 0 spiro atoms. The van der Waals surface area contributed by atoms with Crippen LogP contribution in [0.1, 0.15) is 23.7 Å². The summed E-state index contributed by atoms with van der Waals surface area (Å²) in [6.07, 6.45) is 2.47. The molecule has 1 aliphatic heterocycles. The topological polar surface area (TPSA) is 62.5 Å². The second-order valence-corrected chi connectivity index (χ2v) is 6.26. The van der Waals surface area contributed by atoms with Crippen molar-refractivity contribution in [1.29, 1.82) is 0 Å². The summed E-state index contributed by atoms with van der Waals surface area (Å²) in [4.78, 5) is 25.8. The first-order valence-electron chi connectivity index (χ1n) is 7.53. The SMILES string of the molecule is CC1CC(C(=O)O)CN(C(=O)c2cn(C)c3ccccc23)C1. The number of aryl methyl sites for hydroxylation is 1. The minimum Gasteiger partial charge on any atom is -0.481 e. The van der Waals surface area contributed by atoms with Crippen LogP contribution in [0.25, 0.3) is 10.9 Å². The van der Waals surface area contributed by atoms with E-state index in [0.29, 0.717) is 25.1 Å². The van der Waals surface area contributed by atoms with Crippen molar-refractivity contribution in [2.24, 2.45) is 18.9 Å². The molecule has 2 aromatic rings. The number of piperidine rings is 1. The van der Waals surface area contributed by atoms with Gasteiger partial charge in [0.2, 0.25) is 0 Å². The van der Waals surface area contributed by atoms with E-state index in [1.54, 1.807) is 4.90 Å². The Bertz CT molecular complexity index is 735. The van der Waals surface area contributed by atoms with Crippen molar-refractivity contribution in [1.82, 2.24) is 9.47 Å². The number of likely N-dealkylation sites (tertiary alicyclic amines) is 1. The number of carbonyl (C=O) groups excluding carboxylic acids is 1. The summed E-state index contributed by atoms with van der Waals surface area (Å²) >= 11 is 0. The molecule has 1 saturated heterocycles. The molecule has 22 heavy (non-hydrogen) atoms. The molecule has 2 unspecified atom stereocenters. The molecule has 116 valence electrons. The number of carboxylic acid groups (broad SMARTS) is 1. The lowest BCUT2D eigenvalue weighted by Gasteiger charge is -2.34. The van der Waals surface area contributed by atoms with Crippen LogP contribution in [0.4, 0.5) is 0 Å². The van der Waals surface area contributed by atoms with E-state index in [-0.39, 0.29) is 11.8 Å². The monoisotopic (exact) mass is 300 g/mol. The number of carboxylic acids is 1. The minimum atomic E-state index is -0.817. The molecule has 2 heterocycles. The van der Waals surface area contributed by atoms with Gasteiger partial charge in [-0.15, -0.1) is 0 Å². The van der Waals surface area contributed by atoms with Crippen molar-refractivity contribution in [3.63, 3.8) is 0 Å². The normalized spacial score (nSPS) is 22.0. The summed E-state index contributed by atoms with van der Waals surface area (Å²) in [7, 11) is 1.91. The average Bonchev–Trinajstić information content (AvgIpc) is 2.83. The smallest absolute Gasteiger partial charge is 0.308 e. The molecular formula is C17H20N2O3. The van der Waals surface area contributed by atoms with Gasteiger partial charge >= 0.3 is 5.97 Å². The van der Waals surface area contributed by atoms with Gasteiger partial charge in [0.25, 0.3) is 5.91 Å². The molecule has 1 aromatic heterocycles. The van der Waals surface area contributed by atoms with Crippen LogP contribution >= 0.6 is 0 Å². The van der Waals surface area contributed by atoms with Gasteiger partial charge in [-0.05, 0) is 18.4 Å². The van der Waals surface area contributed by atoms with Gasteiger partial charge in [0.1, 0.15) is 0 Å². The number of rotatable bonds is 2. The minimum absolute atomic E-state index is 0.0744. The molecule has 1 amide bonds. The Kier molecular flexibility index (Phi) is 3.64. The lowest BCUT2D eigenvalue weighted by atomic mass is 9.90. The van der Waals surface area contributed by atoms with Gasteiger partial charge in [-0.2, -0.15) is 0 Å². The Morgan fingerprint density at radius 3 is 2.68 bits per heavy atom. The number of aromatic nitrogens is 1. The van der Waals surface area contributed by atoms with Crippen LogP contribution in [0.5, 0.6) is 0 Å². The second-order valence-electron chi connectivity index (χ2n) is 6.26. The highest BCUT2D eigenvalue weighted by molar-refractivity contribution is 6.07. The van der Waals surface area contributed by atoms with Gasteiger partial charge in [0.15, 0.2) is 0 Å². The van der Waals surface area contributed by atoms with Crippen LogP contribution in [0.3, 0.4) is 0 Å². The summed E-state index contributed by atoms with van der Waals surface area (Å²) in [5, 5.41) is 10.2. The quantitative estimate of drug-likeness (QED) is 0.926. The average molecular weight is 300 g/mol. The molecule has 5 heteroatoms. The van der Waals surface area contributed by atoms with E-state index in [4.69, 9.17) is 0 Å². The number of nitrogens with zero attached hydrogens (tertiary/aromatic N) is 2. The molecule has 3 rings (SSSR count). The van der Waals surface area contributed by atoms with Crippen molar-refractivity contribution in [3.8, 4) is 0 Å². The fourth-order valence-electron chi connectivity index (χ4n) is 3.38. The molecule has 0 bridgehead atoms. The van der Waals surface area contributed by atoms with Gasteiger partial charge in [-0.1, -0.05) is 25.1 Å². The van der Waals surface area contributed by atoms with Crippen molar-refractivity contribution in [2.75, 3.05) is 13.1 Å². The Hall–Kier alpha value is -2.30. The molecule has 5 nitrogen and oxygen atoms in total. The Balaban J connectivity index is 1.94. The molecule has 2 atom stereocenters. The zero-order valence-corrected chi connectivity index (χ0v) is 12.8. The number of para-hydroxylation sites is 1. The maximum atomic E-state index is 12.9. The zero-order valence-electron chi connectivity index (χ0n) is 12.8. The highest BCUT2D eigenvalue weighted by Gasteiger charge is 2.33. The summed E-state index contributed by atoms with van der Waals surface area (Å²) in [6, 6.07) is 7.77. The predicted molar refractivity (Wildman–Crippen MR) is 83.7 cm³/mol. The Morgan fingerprint density at radius 1 is 1.23 bits per heavy atom. The fraction of sp³-hybridized carbons (Fsp3) is 0.412. The van der Waals surface area contributed by atoms with Crippen LogP contribution in [0.15, 0.2) is 30.5 Å². The van der Waals surface area contributed by atoms with Crippen LogP contribution in [-0.4, -0.2) is 39.5 Å². The molecule has 1 aliphatic rings. The number of hydrogen-bond acceptors (Lipinski definition) is 2. The van der Waals surface area contributed by atoms with E-state index in [1.807, 2.05) is 49.0 Å². The highest BCUT2D eigenvalue weighted by Crippen LogP contribution is 2.26. The van der Waals surface area contributed by atoms with Crippen molar-refractivity contribution in [2.45, 2.75) is 13.3 Å². The first kappa shape index (κ1) is 14.6. The number of aliphatic carboxylic acids is 1. The maximum absolute atomic E-state index is 12.9. The predicted octanol–water partition coefficient (Wildman–Crippen LogP) is 2.36. The van der Waals surface area contributed by atoms with Gasteiger partial charge in [0, 0.05) is 37.2 Å². The summed E-state index contributed by atoms with van der Waals surface area (Å²) in [5.74, 6) is -1.16. The van der Waals surface area contributed by atoms with Gasteiger partial charge < -0.3 is 14.6 Å². The standard InChI is InChI=1S/C17H20N2O3/c1-11-7-12(17(21)22)9-19(8-11)16(20)14-10-18(2)15-6-4-3-5-13(14)15/h3-6,10-12H,7-9H2,1-2H3,(H,21,22). The molecule has 0 radical (unpaired) electrons. The molecule has 0 saturated carbocycles. The third-order valence-corrected chi connectivity index (χ3v) is 4.42. The molecule has 1 aromatic carbocycles. The van der Waals surface area contributed by atoms with Crippen LogP contribution in [0, 0.1) is 11.8 Å². The summed E-state index contributed by atoms with van der Waals surface area (Å²) in [5.41, 5.74) is 1.65. The van der Waals surface area contributed by atoms with E-state index in [1.165, 1.54) is 0 Å². The molecule has 1 N–H and O–H groups in total. The third kappa shape index (κ3) is 2.47. The number of benzene rings is 1. The van der Waals surface area contributed by atoms with E-state index in [9.17, 15) is 14.7 Å². The van der Waals surface area contributed by atoms with Gasteiger partial charge in [-0.25, -0.2) is 0 Å². The lowest BCUT2D eigenvalue weighted by Crippen LogP contribution is -2.45. The summed E-state index contributed by atoms with van der Waals surface area (Å²) in [6.45, 7) is 2.91. The number of hydrogen-bond donors (Lipinski definition) is 1. The number of carbonyl (C=O) groups is 2. The van der Waals surface area contributed by atoms with Crippen LogP contribution in [-0.2, 0) is 11.8 Å². The van der Waals surface area contributed by atoms with E-state index in [0.717, 1.165) is 10.9 Å². The highest BCUT2D eigenvalue weighted by atomic mass is 16.4. The van der Waals surface area contributed by atoms with E-state index < -0.39 is 11.9 Å². The zero-order chi connectivity index (χ0) is 15.9.